The third-order valence-corrected chi connectivity index (χ3v) is 5.15. The van der Waals surface area contributed by atoms with Crippen LogP contribution in [0.5, 0.6) is 5.75 Å². The molecule has 1 fully saturated rings. The summed E-state index contributed by atoms with van der Waals surface area (Å²) in [5.74, 6) is 0.252. The Bertz CT molecular complexity index is 550. The maximum atomic E-state index is 12.6. The highest BCUT2D eigenvalue weighted by Gasteiger charge is 2.28. The zero-order valence-corrected chi connectivity index (χ0v) is 12.2. The highest BCUT2D eigenvalue weighted by molar-refractivity contribution is 7.89. The SMILES string of the molecule is COc1cc(CO)ccc1S(=O)(=O)N1CCCOCC1. The van der Waals surface area contributed by atoms with Gasteiger partial charge in [-0.3, -0.25) is 0 Å². The first-order valence-electron chi connectivity index (χ1n) is 6.45. The van der Waals surface area contributed by atoms with Crippen LogP contribution in [0.25, 0.3) is 0 Å². The Morgan fingerprint density at radius 1 is 1.35 bits per heavy atom. The lowest BCUT2D eigenvalue weighted by Gasteiger charge is -2.21. The van der Waals surface area contributed by atoms with Gasteiger partial charge in [-0.05, 0) is 24.1 Å². The lowest BCUT2D eigenvalue weighted by Crippen LogP contribution is -2.33. The van der Waals surface area contributed by atoms with E-state index in [0.717, 1.165) is 0 Å². The van der Waals surface area contributed by atoms with Gasteiger partial charge in [0.2, 0.25) is 10.0 Å². The smallest absolute Gasteiger partial charge is 0.246 e. The Labute approximate surface area is 119 Å². The van der Waals surface area contributed by atoms with Crippen molar-refractivity contribution in [1.29, 1.82) is 0 Å². The zero-order chi connectivity index (χ0) is 14.6. The van der Waals surface area contributed by atoms with Crippen molar-refractivity contribution < 1.29 is 23.0 Å². The molecule has 0 amide bonds. The summed E-state index contributed by atoms with van der Waals surface area (Å²) in [7, 11) is -2.19. The summed E-state index contributed by atoms with van der Waals surface area (Å²) in [4.78, 5) is 0.124. The van der Waals surface area contributed by atoms with E-state index >= 15 is 0 Å². The summed E-state index contributed by atoms with van der Waals surface area (Å²) in [6, 6.07) is 4.61. The van der Waals surface area contributed by atoms with Crippen LogP contribution < -0.4 is 4.74 Å². The van der Waals surface area contributed by atoms with E-state index in [4.69, 9.17) is 14.6 Å². The van der Waals surface area contributed by atoms with Gasteiger partial charge >= 0.3 is 0 Å². The summed E-state index contributed by atoms with van der Waals surface area (Å²) in [6.45, 7) is 1.59. The molecule has 112 valence electrons. The molecule has 0 radical (unpaired) electrons. The Balaban J connectivity index is 2.37. The standard InChI is InChI=1S/C13H19NO5S/c1-18-12-9-11(10-15)3-4-13(12)20(16,17)14-5-2-7-19-8-6-14/h3-4,9,15H,2,5-8,10H2,1H3. The molecule has 1 N–H and O–H groups in total. The molecule has 6 nitrogen and oxygen atoms in total. The lowest BCUT2D eigenvalue weighted by molar-refractivity contribution is 0.148. The number of ether oxygens (including phenoxy) is 2. The molecule has 0 bridgehead atoms. The molecule has 7 heteroatoms. The first-order valence-corrected chi connectivity index (χ1v) is 7.89. The number of methoxy groups -OCH3 is 1. The Morgan fingerprint density at radius 2 is 2.15 bits per heavy atom. The molecule has 1 aliphatic heterocycles. The van der Waals surface area contributed by atoms with Crippen molar-refractivity contribution in [3.05, 3.63) is 23.8 Å². The number of sulfonamides is 1. The number of hydrogen-bond acceptors (Lipinski definition) is 5. The maximum absolute atomic E-state index is 12.6. The van der Waals surface area contributed by atoms with E-state index < -0.39 is 10.0 Å². The highest BCUT2D eigenvalue weighted by Crippen LogP contribution is 2.28. The van der Waals surface area contributed by atoms with Gasteiger partial charge in [-0.15, -0.1) is 0 Å². The fraction of sp³-hybridized carbons (Fsp3) is 0.538. The third kappa shape index (κ3) is 3.12. The Kier molecular flexibility index (Phi) is 4.98. The molecule has 0 aliphatic carbocycles. The van der Waals surface area contributed by atoms with Gasteiger partial charge in [0.1, 0.15) is 10.6 Å². The lowest BCUT2D eigenvalue weighted by atomic mass is 10.2. The first-order chi connectivity index (χ1) is 9.59. The molecular formula is C13H19NO5S. The van der Waals surface area contributed by atoms with Gasteiger partial charge in [0.05, 0.1) is 20.3 Å². The van der Waals surface area contributed by atoms with E-state index in [9.17, 15) is 8.42 Å². The van der Waals surface area contributed by atoms with Gasteiger partial charge < -0.3 is 14.6 Å². The van der Waals surface area contributed by atoms with Gasteiger partial charge in [-0.25, -0.2) is 8.42 Å². The average molecular weight is 301 g/mol. The van der Waals surface area contributed by atoms with Crippen molar-refractivity contribution in [3.8, 4) is 5.75 Å². The van der Waals surface area contributed by atoms with E-state index in [0.29, 0.717) is 38.3 Å². The predicted molar refractivity (Wildman–Crippen MR) is 73.1 cm³/mol. The quantitative estimate of drug-likeness (QED) is 0.881. The van der Waals surface area contributed by atoms with Crippen LogP contribution in [0.3, 0.4) is 0 Å². The van der Waals surface area contributed by atoms with Crippen LogP contribution >= 0.6 is 0 Å². The molecule has 20 heavy (non-hydrogen) atoms. The first kappa shape index (κ1) is 15.2. The normalized spacial score (nSPS) is 17.7. The van der Waals surface area contributed by atoms with Gasteiger partial charge in [0.25, 0.3) is 0 Å². The summed E-state index contributed by atoms with van der Waals surface area (Å²) >= 11 is 0. The number of benzene rings is 1. The van der Waals surface area contributed by atoms with Crippen molar-refractivity contribution in [1.82, 2.24) is 4.31 Å². The molecule has 0 atom stereocenters. The topological polar surface area (TPSA) is 76.1 Å². The van der Waals surface area contributed by atoms with Crippen molar-refractivity contribution >= 4 is 10.0 Å². The van der Waals surface area contributed by atoms with Crippen LogP contribution in [0.15, 0.2) is 23.1 Å². The fourth-order valence-corrected chi connectivity index (χ4v) is 3.73. The van der Waals surface area contributed by atoms with Gasteiger partial charge in [0.15, 0.2) is 0 Å². The monoisotopic (exact) mass is 301 g/mol. The molecule has 0 saturated carbocycles. The molecule has 2 rings (SSSR count). The second-order valence-electron chi connectivity index (χ2n) is 4.51. The molecule has 1 heterocycles. The minimum absolute atomic E-state index is 0.124. The minimum atomic E-state index is -3.61. The summed E-state index contributed by atoms with van der Waals surface area (Å²) < 4.78 is 37.1. The van der Waals surface area contributed by atoms with Crippen LogP contribution in [0.4, 0.5) is 0 Å². The van der Waals surface area contributed by atoms with Crippen molar-refractivity contribution in [3.63, 3.8) is 0 Å². The van der Waals surface area contributed by atoms with E-state index in [1.165, 1.54) is 17.5 Å². The van der Waals surface area contributed by atoms with Gasteiger partial charge in [-0.2, -0.15) is 4.31 Å². The Morgan fingerprint density at radius 3 is 2.85 bits per heavy atom. The molecule has 0 aromatic heterocycles. The largest absolute Gasteiger partial charge is 0.495 e. The van der Waals surface area contributed by atoms with Crippen LogP contribution in [0.1, 0.15) is 12.0 Å². The van der Waals surface area contributed by atoms with Crippen molar-refractivity contribution in [2.45, 2.75) is 17.9 Å². The second kappa shape index (κ2) is 6.53. The van der Waals surface area contributed by atoms with Crippen LogP contribution in [-0.2, 0) is 21.4 Å². The molecule has 1 saturated heterocycles. The molecular weight excluding hydrogens is 282 g/mol. The zero-order valence-electron chi connectivity index (χ0n) is 11.4. The Hall–Kier alpha value is -1.15. The number of aliphatic hydroxyl groups excluding tert-OH is 1. The van der Waals surface area contributed by atoms with E-state index in [2.05, 4.69) is 0 Å². The van der Waals surface area contributed by atoms with Gasteiger partial charge in [0, 0.05) is 19.7 Å². The van der Waals surface area contributed by atoms with Crippen LogP contribution in [0, 0.1) is 0 Å². The maximum Gasteiger partial charge on any atom is 0.246 e. The average Bonchev–Trinajstić information content (AvgIpc) is 2.76. The summed E-state index contributed by atoms with van der Waals surface area (Å²) in [6.07, 6.45) is 0.677. The second-order valence-corrected chi connectivity index (χ2v) is 6.42. The van der Waals surface area contributed by atoms with Crippen LogP contribution in [0.2, 0.25) is 0 Å². The summed E-state index contributed by atoms with van der Waals surface area (Å²) in [5, 5.41) is 9.11. The highest BCUT2D eigenvalue weighted by atomic mass is 32.2. The van der Waals surface area contributed by atoms with Gasteiger partial charge in [-0.1, -0.05) is 6.07 Å². The molecule has 1 aromatic carbocycles. The number of rotatable bonds is 4. The fourth-order valence-electron chi connectivity index (χ4n) is 2.13. The minimum Gasteiger partial charge on any atom is -0.495 e. The van der Waals surface area contributed by atoms with E-state index in [-0.39, 0.29) is 17.3 Å². The molecule has 0 spiro atoms. The summed E-state index contributed by atoms with van der Waals surface area (Å²) in [5.41, 5.74) is 0.611. The predicted octanol–water partition coefficient (Wildman–Crippen LogP) is 0.599. The van der Waals surface area contributed by atoms with Crippen molar-refractivity contribution in [2.24, 2.45) is 0 Å². The van der Waals surface area contributed by atoms with Crippen molar-refractivity contribution in [2.75, 3.05) is 33.4 Å². The molecule has 1 aromatic rings. The number of nitrogens with zero attached hydrogens (tertiary/aromatic N) is 1. The number of hydrogen-bond donors (Lipinski definition) is 1. The molecule has 0 unspecified atom stereocenters. The van der Waals surface area contributed by atoms with E-state index in [1.807, 2.05) is 0 Å². The number of aliphatic hydroxyl groups is 1. The van der Waals surface area contributed by atoms with Crippen LogP contribution in [-0.4, -0.2) is 51.2 Å². The van der Waals surface area contributed by atoms with E-state index in [1.54, 1.807) is 12.1 Å². The third-order valence-electron chi connectivity index (χ3n) is 3.21. The molecule has 1 aliphatic rings.